The smallest absolute Gasteiger partial charge is 0.240 e. The second kappa shape index (κ2) is 4.76. The molecule has 21 heavy (non-hydrogen) atoms. The Morgan fingerprint density at radius 3 is 2.90 bits per heavy atom. The summed E-state index contributed by atoms with van der Waals surface area (Å²) in [6.07, 6.45) is 2.25. The van der Waals surface area contributed by atoms with Gasteiger partial charge in [0.1, 0.15) is 0 Å². The normalized spacial score (nSPS) is 21.2. The molecule has 0 radical (unpaired) electrons. The van der Waals surface area contributed by atoms with Crippen LogP contribution in [0.5, 0.6) is 0 Å². The van der Waals surface area contributed by atoms with E-state index >= 15 is 0 Å². The maximum Gasteiger partial charge on any atom is 0.240 e. The summed E-state index contributed by atoms with van der Waals surface area (Å²) < 4.78 is 1.07. The second-order valence-corrected chi connectivity index (χ2v) is 7.09. The fourth-order valence-corrected chi connectivity index (χ4v) is 3.89. The molecule has 1 amide bonds. The molecule has 1 aromatic carbocycles. The van der Waals surface area contributed by atoms with Crippen molar-refractivity contribution in [2.24, 2.45) is 5.92 Å². The van der Waals surface area contributed by atoms with Gasteiger partial charge in [-0.1, -0.05) is 23.5 Å². The largest absolute Gasteiger partial charge is 0.387 e. The number of hydrogen-bond acceptors (Lipinski definition) is 5. The lowest BCUT2D eigenvalue weighted by molar-refractivity contribution is -0.132. The molecule has 2 fully saturated rings. The van der Waals surface area contributed by atoms with Crippen molar-refractivity contribution in [1.29, 1.82) is 0 Å². The predicted octanol–water partition coefficient (Wildman–Crippen LogP) is 1.69. The van der Waals surface area contributed by atoms with E-state index in [-0.39, 0.29) is 5.91 Å². The molecule has 0 atom stereocenters. The van der Waals surface area contributed by atoms with Crippen molar-refractivity contribution < 1.29 is 9.90 Å². The molecule has 2 N–H and O–H groups in total. The number of benzene rings is 1. The summed E-state index contributed by atoms with van der Waals surface area (Å²) in [5, 5.41) is 13.7. The SMILES string of the molecule is O=C(CN1CC(O)(C2CC2)C1)Nc1nc2ccccc2s1. The maximum atomic E-state index is 12.0. The van der Waals surface area contributed by atoms with Gasteiger partial charge in [-0.3, -0.25) is 9.69 Å². The van der Waals surface area contributed by atoms with Crippen molar-refractivity contribution in [3.05, 3.63) is 24.3 Å². The van der Waals surface area contributed by atoms with Crippen LogP contribution < -0.4 is 5.32 Å². The van der Waals surface area contributed by atoms with Crippen molar-refractivity contribution in [3.63, 3.8) is 0 Å². The van der Waals surface area contributed by atoms with E-state index in [1.165, 1.54) is 11.3 Å². The van der Waals surface area contributed by atoms with Crippen LogP contribution in [-0.2, 0) is 4.79 Å². The number of hydrogen-bond donors (Lipinski definition) is 2. The Morgan fingerprint density at radius 1 is 1.43 bits per heavy atom. The molecule has 1 saturated carbocycles. The van der Waals surface area contributed by atoms with Gasteiger partial charge in [0.05, 0.1) is 22.4 Å². The number of amides is 1. The number of nitrogens with one attached hydrogen (secondary N) is 1. The Hall–Kier alpha value is -1.50. The van der Waals surface area contributed by atoms with Gasteiger partial charge in [0, 0.05) is 13.1 Å². The monoisotopic (exact) mass is 303 g/mol. The van der Waals surface area contributed by atoms with E-state index < -0.39 is 5.60 Å². The molecular weight excluding hydrogens is 286 g/mol. The molecular formula is C15H17N3O2S. The van der Waals surface area contributed by atoms with Crippen molar-refractivity contribution in [2.45, 2.75) is 18.4 Å². The zero-order chi connectivity index (χ0) is 14.4. The Kier molecular flexibility index (Phi) is 2.99. The molecule has 6 heteroatoms. The summed E-state index contributed by atoms with van der Waals surface area (Å²) in [6.45, 7) is 1.56. The highest BCUT2D eigenvalue weighted by Gasteiger charge is 2.51. The summed E-state index contributed by atoms with van der Waals surface area (Å²) in [4.78, 5) is 18.4. The first-order valence-corrected chi connectivity index (χ1v) is 8.04. The average Bonchev–Trinajstić information content (AvgIpc) is 3.18. The standard InChI is InChI=1S/C15H17N3O2S/c19-13(7-18-8-15(20,9-18)10-5-6-10)17-14-16-11-3-1-2-4-12(11)21-14/h1-4,10,20H,5-9H2,(H,16,17,19). The molecule has 1 aliphatic heterocycles. The Labute approximate surface area is 126 Å². The van der Waals surface area contributed by atoms with Gasteiger partial charge in [-0.05, 0) is 30.9 Å². The highest BCUT2D eigenvalue weighted by Crippen LogP contribution is 2.44. The number of thiazole rings is 1. The third kappa shape index (κ3) is 2.54. The number of carbonyl (C=O) groups is 1. The second-order valence-electron chi connectivity index (χ2n) is 6.06. The van der Waals surface area contributed by atoms with Crippen LogP contribution in [0.2, 0.25) is 0 Å². The number of aromatic nitrogens is 1. The van der Waals surface area contributed by atoms with Crippen LogP contribution in [0.1, 0.15) is 12.8 Å². The molecule has 5 nitrogen and oxygen atoms in total. The van der Waals surface area contributed by atoms with Gasteiger partial charge in [-0.2, -0.15) is 0 Å². The van der Waals surface area contributed by atoms with E-state index in [1.54, 1.807) is 0 Å². The van der Waals surface area contributed by atoms with E-state index in [1.807, 2.05) is 29.2 Å². The minimum absolute atomic E-state index is 0.0631. The summed E-state index contributed by atoms with van der Waals surface area (Å²) in [5.41, 5.74) is 0.376. The molecule has 110 valence electrons. The Balaban J connectivity index is 1.34. The predicted molar refractivity (Wildman–Crippen MR) is 82.4 cm³/mol. The van der Waals surface area contributed by atoms with Crippen LogP contribution in [-0.4, -0.2) is 46.1 Å². The van der Waals surface area contributed by atoms with E-state index in [4.69, 9.17) is 0 Å². The number of likely N-dealkylation sites (tertiary alicyclic amines) is 1. The van der Waals surface area contributed by atoms with Crippen LogP contribution in [0.3, 0.4) is 0 Å². The van der Waals surface area contributed by atoms with Crippen molar-refractivity contribution in [3.8, 4) is 0 Å². The fraction of sp³-hybridized carbons (Fsp3) is 0.467. The van der Waals surface area contributed by atoms with Crippen molar-refractivity contribution in [2.75, 3.05) is 25.0 Å². The molecule has 2 aromatic rings. The van der Waals surface area contributed by atoms with Crippen molar-refractivity contribution in [1.82, 2.24) is 9.88 Å². The average molecular weight is 303 g/mol. The first-order valence-electron chi connectivity index (χ1n) is 7.23. The summed E-state index contributed by atoms with van der Waals surface area (Å²) in [5.74, 6) is 0.396. The molecule has 2 heterocycles. The lowest BCUT2D eigenvalue weighted by atomic mass is 9.89. The van der Waals surface area contributed by atoms with Gasteiger partial charge in [-0.15, -0.1) is 0 Å². The van der Waals surface area contributed by atoms with Crippen molar-refractivity contribution >= 4 is 32.6 Å². The van der Waals surface area contributed by atoms with E-state index in [0.29, 0.717) is 30.7 Å². The van der Waals surface area contributed by atoms with E-state index in [2.05, 4.69) is 10.3 Å². The summed E-state index contributed by atoms with van der Waals surface area (Å²) >= 11 is 1.48. The Bertz CT molecular complexity index is 656. The molecule has 0 unspecified atom stereocenters. The number of rotatable bonds is 4. The van der Waals surface area contributed by atoms with Gasteiger partial charge >= 0.3 is 0 Å². The zero-order valence-corrected chi connectivity index (χ0v) is 12.4. The van der Waals surface area contributed by atoms with Crippen LogP contribution in [0.15, 0.2) is 24.3 Å². The molecule has 2 aliphatic rings. The molecule has 4 rings (SSSR count). The van der Waals surface area contributed by atoms with E-state index in [9.17, 15) is 9.90 Å². The number of nitrogens with zero attached hydrogens (tertiary/aromatic N) is 2. The minimum atomic E-state index is -0.532. The number of anilines is 1. The highest BCUT2D eigenvalue weighted by atomic mass is 32.1. The molecule has 1 aliphatic carbocycles. The zero-order valence-electron chi connectivity index (χ0n) is 11.6. The topological polar surface area (TPSA) is 65.5 Å². The van der Waals surface area contributed by atoms with Crippen LogP contribution in [0.25, 0.3) is 10.2 Å². The highest BCUT2D eigenvalue weighted by molar-refractivity contribution is 7.22. The van der Waals surface area contributed by atoms with Gasteiger partial charge in [-0.25, -0.2) is 4.98 Å². The molecule has 1 saturated heterocycles. The van der Waals surface area contributed by atoms with Crippen LogP contribution in [0.4, 0.5) is 5.13 Å². The Morgan fingerprint density at radius 2 is 2.19 bits per heavy atom. The van der Waals surface area contributed by atoms with Gasteiger partial charge in [0.2, 0.25) is 5.91 Å². The van der Waals surface area contributed by atoms with Gasteiger partial charge in [0.15, 0.2) is 5.13 Å². The minimum Gasteiger partial charge on any atom is -0.387 e. The molecule has 0 spiro atoms. The maximum absolute atomic E-state index is 12.0. The lowest BCUT2D eigenvalue weighted by Crippen LogP contribution is -2.64. The third-order valence-corrected chi connectivity index (χ3v) is 5.19. The van der Waals surface area contributed by atoms with E-state index in [0.717, 1.165) is 23.1 Å². The first-order chi connectivity index (χ1) is 10.1. The molecule has 1 aromatic heterocycles. The molecule has 0 bridgehead atoms. The third-order valence-electron chi connectivity index (χ3n) is 4.24. The summed E-state index contributed by atoms with van der Waals surface area (Å²) in [6, 6.07) is 7.83. The van der Waals surface area contributed by atoms with Crippen LogP contribution in [0, 0.1) is 5.92 Å². The number of aliphatic hydroxyl groups is 1. The number of fused-ring (bicyclic) bond motifs is 1. The number of carbonyl (C=O) groups excluding carboxylic acids is 1. The number of β-amino-alcohol motifs (C(OH)–C–C–N with tert-alkyl or cyclic N) is 1. The fourth-order valence-electron chi connectivity index (χ4n) is 3.01. The summed E-state index contributed by atoms with van der Waals surface area (Å²) in [7, 11) is 0. The number of para-hydroxylation sites is 1. The van der Waals surface area contributed by atoms with Gasteiger partial charge < -0.3 is 10.4 Å². The van der Waals surface area contributed by atoms with Gasteiger partial charge in [0.25, 0.3) is 0 Å². The quantitative estimate of drug-likeness (QED) is 0.902. The lowest BCUT2D eigenvalue weighted by Gasteiger charge is -2.46. The van der Waals surface area contributed by atoms with Crippen LogP contribution >= 0.6 is 11.3 Å². The first kappa shape index (κ1) is 13.2.